The predicted octanol–water partition coefficient (Wildman–Crippen LogP) is 3.42. The van der Waals surface area contributed by atoms with Crippen LogP contribution in [0.25, 0.3) is 0 Å². The number of rotatable bonds is 1. The standard InChI is InChI=1S/C11H10BrFO/c12-10-3-1-2-9(11(10)13)7-4-5-8(14)6-7/h1-3,7H,4-6H2. The first-order chi connectivity index (χ1) is 6.68. The SMILES string of the molecule is O=C1CCC(c2cccc(Br)c2F)C1. The summed E-state index contributed by atoms with van der Waals surface area (Å²) in [5, 5.41) is 0. The first-order valence-corrected chi connectivity index (χ1v) is 5.43. The van der Waals surface area contributed by atoms with E-state index in [0.29, 0.717) is 22.9 Å². The van der Waals surface area contributed by atoms with Gasteiger partial charge in [-0.15, -0.1) is 0 Å². The Kier molecular flexibility index (Phi) is 2.68. The van der Waals surface area contributed by atoms with Gasteiger partial charge in [0.1, 0.15) is 11.6 Å². The summed E-state index contributed by atoms with van der Waals surface area (Å²) in [5.41, 5.74) is 0.672. The van der Waals surface area contributed by atoms with Crippen LogP contribution in [0.1, 0.15) is 30.7 Å². The smallest absolute Gasteiger partial charge is 0.140 e. The largest absolute Gasteiger partial charge is 0.300 e. The number of ketones is 1. The number of benzene rings is 1. The van der Waals surface area contributed by atoms with Gasteiger partial charge in [-0.25, -0.2) is 4.39 Å². The summed E-state index contributed by atoms with van der Waals surface area (Å²) in [7, 11) is 0. The van der Waals surface area contributed by atoms with Gasteiger partial charge in [-0.05, 0) is 39.9 Å². The van der Waals surface area contributed by atoms with Crippen LogP contribution in [0, 0.1) is 5.82 Å². The molecule has 2 rings (SSSR count). The fraction of sp³-hybridized carbons (Fsp3) is 0.364. The van der Waals surface area contributed by atoms with Crippen molar-refractivity contribution in [2.75, 3.05) is 0 Å². The lowest BCUT2D eigenvalue weighted by Gasteiger charge is -2.10. The molecule has 3 heteroatoms. The summed E-state index contributed by atoms with van der Waals surface area (Å²) in [6.45, 7) is 0. The van der Waals surface area contributed by atoms with Crippen LogP contribution >= 0.6 is 15.9 Å². The maximum Gasteiger partial charge on any atom is 0.140 e. The zero-order valence-corrected chi connectivity index (χ0v) is 9.18. The van der Waals surface area contributed by atoms with E-state index in [1.807, 2.05) is 6.07 Å². The molecule has 0 radical (unpaired) electrons. The van der Waals surface area contributed by atoms with E-state index >= 15 is 0 Å². The van der Waals surface area contributed by atoms with Crippen molar-refractivity contribution in [3.63, 3.8) is 0 Å². The van der Waals surface area contributed by atoms with Crippen LogP contribution < -0.4 is 0 Å². The summed E-state index contributed by atoms with van der Waals surface area (Å²) in [5.74, 6) is 0.113. The highest BCUT2D eigenvalue weighted by Gasteiger charge is 2.26. The summed E-state index contributed by atoms with van der Waals surface area (Å²) < 4.78 is 14.1. The molecule has 0 bridgehead atoms. The number of halogens is 2. The highest BCUT2D eigenvalue weighted by atomic mass is 79.9. The normalized spacial score (nSPS) is 21.6. The van der Waals surface area contributed by atoms with Crippen LogP contribution in [0.2, 0.25) is 0 Å². The second-order valence-corrected chi connectivity index (χ2v) is 4.48. The third-order valence-corrected chi connectivity index (χ3v) is 3.28. The predicted molar refractivity (Wildman–Crippen MR) is 55.7 cm³/mol. The third-order valence-electron chi connectivity index (χ3n) is 2.67. The van der Waals surface area contributed by atoms with E-state index in [0.717, 1.165) is 6.42 Å². The molecule has 0 saturated heterocycles. The third kappa shape index (κ3) is 1.73. The van der Waals surface area contributed by atoms with Gasteiger partial charge in [-0.1, -0.05) is 12.1 Å². The molecule has 0 N–H and O–H groups in total. The second kappa shape index (κ2) is 3.81. The number of hydrogen-bond donors (Lipinski definition) is 0. The summed E-state index contributed by atoms with van der Waals surface area (Å²) >= 11 is 3.15. The minimum atomic E-state index is -0.216. The molecule has 1 atom stereocenters. The van der Waals surface area contributed by atoms with Gasteiger partial charge in [0.2, 0.25) is 0 Å². The summed E-state index contributed by atoms with van der Waals surface area (Å²) in [4.78, 5) is 11.1. The fourth-order valence-corrected chi connectivity index (χ4v) is 2.30. The zero-order chi connectivity index (χ0) is 10.1. The Labute approximate surface area is 90.4 Å². The molecule has 1 fully saturated rings. The number of Topliss-reactive ketones (excluding diaryl/α,β-unsaturated/α-hetero) is 1. The molecule has 0 aliphatic heterocycles. The van der Waals surface area contributed by atoms with Gasteiger partial charge in [0.25, 0.3) is 0 Å². The first kappa shape index (κ1) is 9.84. The Morgan fingerprint density at radius 3 is 2.86 bits per heavy atom. The van der Waals surface area contributed by atoms with E-state index in [9.17, 15) is 9.18 Å². The highest BCUT2D eigenvalue weighted by Crippen LogP contribution is 2.35. The molecule has 1 aromatic carbocycles. The maximum absolute atomic E-state index is 13.6. The van der Waals surface area contributed by atoms with Gasteiger partial charge in [-0.3, -0.25) is 4.79 Å². The van der Waals surface area contributed by atoms with Crippen LogP contribution in [-0.2, 0) is 4.79 Å². The lowest BCUT2D eigenvalue weighted by molar-refractivity contribution is -0.117. The van der Waals surface area contributed by atoms with Crippen molar-refractivity contribution >= 4 is 21.7 Å². The molecule has 1 unspecified atom stereocenters. The quantitative estimate of drug-likeness (QED) is 0.753. The molecule has 0 spiro atoms. The Morgan fingerprint density at radius 1 is 1.43 bits per heavy atom. The van der Waals surface area contributed by atoms with Gasteiger partial charge < -0.3 is 0 Å². The Hall–Kier alpha value is -0.700. The van der Waals surface area contributed by atoms with Crippen LogP contribution in [0.5, 0.6) is 0 Å². The topological polar surface area (TPSA) is 17.1 Å². The fourth-order valence-electron chi connectivity index (χ4n) is 1.92. The van der Waals surface area contributed by atoms with Crippen molar-refractivity contribution in [3.8, 4) is 0 Å². The Morgan fingerprint density at radius 2 is 2.21 bits per heavy atom. The molecule has 14 heavy (non-hydrogen) atoms. The molecule has 0 heterocycles. The molecule has 0 amide bonds. The van der Waals surface area contributed by atoms with Crippen molar-refractivity contribution in [2.45, 2.75) is 25.2 Å². The van der Waals surface area contributed by atoms with Crippen LogP contribution in [-0.4, -0.2) is 5.78 Å². The molecule has 1 aromatic rings. The molecule has 0 aromatic heterocycles. The van der Waals surface area contributed by atoms with Crippen molar-refractivity contribution in [1.82, 2.24) is 0 Å². The summed E-state index contributed by atoms with van der Waals surface area (Å²) in [6.07, 6.45) is 1.87. The second-order valence-electron chi connectivity index (χ2n) is 3.62. The average molecular weight is 257 g/mol. The van der Waals surface area contributed by atoms with Gasteiger partial charge >= 0.3 is 0 Å². The molecule has 74 valence electrons. The molecule has 1 saturated carbocycles. The van der Waals surface area contributed by atoms with Gasteiger partial charge in [-0.2, -0.15) is 0 Å². The minimum Gasteiger partial charge on any atom is -0.300 e. The maximum atomic E-state index is 13.6. The van der Waals surface area contributed by atoms with Crippen LogP contribution in [0.4, 0.5) is 4.39 Å². The molecule has 1 aliphatic rings. The van der Waals surface area contributed by atoms with Crippen molar-refractivity contribution < 1.29 is 9.18 Å². The Balaban J connectivity index is 2.32. The van der Waals surface area contributed by atoms with Gasteiger partial charge in [0.15, 0.2) is 0 Å². The van der Waals surface area contributed by atoms with Crippen LogP contribution in [0.15, 0.2) is 22.7 Å². The monoisotopic (exact) mass is 256 g/mol. The Bertz CT molecular complexity index is 376. The number of carbonyl (C=O) groups excluding carboxylic acids is 1. The lowest BCUT2D eigenvalue weighted by Crippen LogP contribution is -1.98. The van der Waals surface area contributed by atoms with E-state index in [1.165, 1.54) is 0 Å². The van der Waals surface area contributed by atoms with E-state index in [-0.39, 0.29) is 17.5 Å². The zero-order valence-electron chi connectivity index (χ0n) is 7.59. The first-order valence-electron chi connectivity index (χ1n) is 4.64. The van der Waals surface area contributed by atoms with Crippen LogP contribution in [0.3, 0.4) is 0 Å². The van der Waals surface area contributed by atoms with E-state index in [1.54, 1.807) is 12.1 Å². The van der Waals surface area contributed by atoms with E-state index in [4.69, 9.17) is 0 Å². The molecular formula is C11H10BrFO. The minimum absolute atomic E-state index is 0.0833. The highest BCUT2D eigenvalue weighted by molar-refractivity contribution is 9.10. The van der Waals surface area contributed by atoms with Crippen molar-refractivity contribution in [2.24, 2.45) is 0 Å². The molecule has 1 aliphatic carbocycles. The van der Waals surface area contributed by atoms with Gasteiger partial charge in [0.05, 0.1) is 4.47 Å². The van der Waals surface area contributed by atoms with Crippen molar-refractivity contribution in [1.29, 1.82) is 0 Å². The van der Waals surface area contributed by atoms with E-state index in [2.05, 4.69) is 15.9 Å². The molecular weight excluding hydrogens is 247 g/mol. The number of carbonyl (C=O) groups is 1. The number of hydrogen-bond acceptors (Lipinski definition) is 1. The van der Waals surface area contributed by atoms with Crippen molar-refractivity contribution in [3.05, 3.63) is 34.1 Å². The average Bonchev–Trinajstić information content (AvgIpc) is 2.57. The molecule has 1 nitrogen and oxygen atoms in total. The van der Waals surface area contributed by atoms with E-state index < -0.39 is 0 Å². The van der Waals surface area contributed by atoms with Gasteiger partial charge in [0, 0.05) is 12.8 Å². The lowest BCUT2D eigenvalue weighted by atomic mass is 9.97. The summed E-state index contributed by atoms with van der Waals surface area (Å²) in [6, 6.07) is 5.25.